The summed E-state index contributed by atoms with van der Waals surface area (Å²) in [6.45, 7) is 0.153. The van der Waals surface area contributed by atoms with E-state index in [2.05, 4.69) is 15.3 Å². The van der Waals surface area contributed by atoms with Gasteiger partial charge in [-0.25, -0.2) is 27.7 Å². The van der Waals surface area contributed by atoms with Crippen molar-refractivity contribution in [1.29, 1.82) is 0 Å². The van der Waals surface area contributed by atoms with Crippen LogP contribution in [0.4, 0.5) is 18.0 Å². The van der Waals surface area contributed by atoms with Gasteiger partial charge in [-0.1, -0.05) is 6.07 Å². The number of imidazole rings is 1. The van der Waals surface area contributed by atoms with E-state index in [0.717, 1.165) is 12.1 Å². The molecule has 0 fully saturated rings. The number of hydrogen-bond donors (Lipinski definition) is 2. The number of amides is 2. The van der Waals surface area contributed by atoms with Gasteiger partial charge in [0.25, 0.3) is 0 Å². The largest absolute Gasteiger partial charge is 0.467 e. The number of benzene rings is 1. The summed E-state index contributed by atoms with van der Waals surface area (Å²) in [5.41, 5.74) is 0.774. The van der Waals surface area contributed by atoms with Crippen LogP contribution >= 0.6 is 11.8 Å². The van der Waals surface area contributed by atoms with E-state index in [9.17, 15) is 22.8 Å². The van der Waals surface area contributed by atoms with E-state index in [4.69, 9.17) is 4.74 Å². The second-order valence-electron chi connectivity index (χ2n) is 6.68. The zero-order valence-electron chi connectivity index (χ0n) is 16.4. The molecule has 0 saturated heterocycles. The Labute approximate surface area is 175 Å². The molecular formula is C19H21F3N4O3S. The lowest BCUT2D eigenvalue weighted by atomic mass is 9.95. The highest BCUT2D eigenvalue weighted by atomic mass is 32.2. The third-order valence-corrected chi connectivity index (χ3v) is 5.58. The van der Waals surface area contributed by atoms with Gasteiger partial charge in [-0.2, -0.15) is 11.8 Å². The molecule has 0 bridgehead atoms. The molecule has 162 valence electrons. The van der Waals surface area contributed by atoms with E-state index < -0.39 is 41.5 Å². The number of nitrogens with zero attached hydrogens (tertiary/aromatic N) is 2. The summed E-state index contributed by atoms with van der Waals surface area (Å²) in [5, 5.41) is 2.61. The van der Waals surface area contributed by atoms with Crippen molar-refractivity contribution in [1.82, 2.24) is 20.2 Å². The molecule has 0 radical (unpaired) electrons. The Hall–Kier alpha value is -2.69. The van der Waals surface area contributed by atoms with Crippen LogP contribution in [0, 0.1) is 17.5 Å². The molecule has 2 amide bonds. The van der Waals surface area contributed by atoms with Crippen LogP contribution in [0.1, 0.15) is 29.4 Å². The number of nitrogens with one attached hydrogen (secondary N) is 2. The maximum atomic E-state index is 14.6. The molecule has 2 aromatic rings. The number of urea groups is 1. The van der Waals surface area contributed by atoms with Crippen LogP contribution in [0.15, 0.2) is 18.5 Å². The Balaban J connectivity index is 1.95. The first-order valence-electron chi connectivity index (χ1n) is 9.18. The molecular weight excluding hydrogens is 421 g/mol. The quantitative estimate of drug-likeness (QED) is 0.531. The normalized spacial score (nSPS) is 16.7. The van der Waals surface area contributed by atoms with Crippen molar-refractivity contribution in [2.24, 2.45) is 0 Å². The first kappa shape index (κ1) is 22.0. The minimum absolute atomic E-state index is 0.153. The molecule has 30 heavy (non-hydrogen) atoms. The van der Waals surface area contributed by atoms with E-state index in [1.54, 1.807) is 0 Å². The van der Waals surface area contributed by atoms with E-state index >= 15 is 0 Å². The van der Waals surface area contributed by atoms with Crippen LogP contribution in [-0.2, 0) is 16.0 Å². The second kappa shape index (κ2) is 9.41. The molecule has 3 rings (SSSR count). The number of thioether (sulfide) groups is 1. The van der Waals surface area contributed by atoms with Gasteiger partial charge in [-0.05, 0) is 24.5 Å². The summed E-state index contributed by atoms with van der Waals surface area (Å²) >= 11 is 1.50. The number of esters is 1. The summed E-state index contributed by atoms with van der Waals surface area (Å²) in [5.74, 6) is -4.34. The molecule has 1 aromatic heterocycles. The lowest BCUT2D eigenvalue weighted by Crippen LogP contribution is -2.51. The maximum absolute atomic E-state index is 14.6. The average molecular weight is 442 g/mol. The fourth-order valence-corrected chi connectivity index (χ4v) is 3.89. The van der Waals surface area contributed by atoms with Crippen LogP contribution in [0.2, 0.25) is 0 Å². The predicted molar refractivity (Wildman–Crippen MR) is 104 cm³/mol. The summed E-state index contributed by atoms with van der Waals surface area (Å²) < 4.78 is 46.7. The lowest BCUT2D eigenvalue weighted by molar-refractivity contribution is -0.142. The van der Waals surface area contributed by atoms with Crippen molar-refractivity contribution < 1.29 is 27.5 Å². The molecule has 0 saturated carbocycles. The second-order valence-corrected chi connectivity index (χ2v) is 7.67. The van der Waals surface area contributed by atoms with Crippen molar-refractivity contribution in [3.05, 3.63) is 52.9 Å². The average Bonchev–Trinajstić information content (AvgIpc) is 3.23. The van der Waals surface area contributed by atoms with Crippen LogP contribution < -0.4 is 5.32 Å². The molecule has 0 spiro atoms. The number of fused-ring (bicyclic) bond motifs is 1. The standard InChI is InChI=1S/C19H21F3N4O3S/c1-29-18(27)13(6-8-30-2)25-19(28)26-7-5-12-16(24-9-23-12)17(26)10-3-4-11(20)15(22)14(10)21/h3-4,9,13,17H,5-8H2,1-2H3,(H,23,24)(H,25,28)/t13-,17+/m1/s1. The number of methoxy groups -OCH3 is 1. The van der Waals surface area contributed by atoms with Crippen molar-refractivity contribution in [2.45, 2.75) is 24.9 Å². The van der Waals surface area contributed by atoms with E-state index in [1.807, 2.05) is 6.26 Å². The number of rotatable bonds is 6. The number of carbonyl (C=O) groups is 2. The van der Waals surface area contributed by atoms with Gasteiger partial charge in [0.2, 0.25) is 0 Å². The molecule has 2 N–H and O–H groups in total. The van der Waals surface area contributed by atoms with Crippen molar-refractivity contribution in [2.75, 3.05) is 25.7 Å². The number of H-pyrrole nitrogens is 1. The highest BCUT2D eigenvalue weighted by Gasteiger charge is 2.38. The monoisotopic (exact) mass is 442 g/mol. The van der Waals surface area contributed by atoms with Crippen molar-refractivity contribution in [3.63, 3.8) is 0 Å². The molecule has 1 aromatic carbocycles. The van der Waals surface area contributed by atoms with Crippen molar-refractivity contribution in [3.8, 4) is 0 Å². The van der Waals surface area contributed by atoms with Crippen LogP contribution in [-0.4, -0.2) is 58.6 Å². The van der Waals surface area contributed by atoms with Crippen LogP contribution in [0.3, 0.4) is 0 Å². The molecule has 2 heterocycles. The van der Waals surface area contributed by atoms with Gasteiger partial charge in [-0.3, -0.25) is 0 Å². The van der Waals surface area contributed by atoms with E-state index in [1.165, 1.54) is 30.1 Å². The zero-order valence-corrected chi connectivity index (χ0v) is 17.2. The highest BCUT2D eigenvalue weighted by Crippen LogP contribution is 2.35. The first-order valence-corrected chi connectivity index (χ1v) is 10.6. The Morgan fingerprint density at radius 1 is 1.37 bits per heavy atom. The fourth-order valence-electron chi connectivity index (χ4n) is 3.42. The number of halogens is 3. The van der Waals surface area contributed by atoms with Gasteiger partial charge in [0.05, 0.1) is 19.1 Å². The molecule has 2 atom stereocenters. The highest BCUT2D eigenvalue weighted by molar-refractivity contribution is 7.98. The molecule has 1 aliphatic heterocycles. The lowest BCUT2D eigenvalue weighted by Gasteiger charge is -2.36. The van der Waals surface area contributed by atoms with Gasteiger partial charge in [0, 0.05) is 24.2 Å². The third kappa shape index (κ3) is 4.25. The summed E-state index contributed by atoms with van der Waals surface area (Å²) in [7, 11) is 1.22. The maximum Gasteiger partial charge on any atom is 0.328 e. The predicted octanol–water partition coefficient (Wildman–Crippen LogP) is 2.78. The minimum Gasteiger partial charge on any atom is -0.467 e. The summed E-state index contributed by atoms with van der Waals surface area (Å²) in [6.07, 6.45) is 4.00. The number of hydrogen-bond acceptors (Lipinski definition) is 5. The number of aromatic amines is 1. The Morgan fingerprint density at radius 2 is 2.13 bits per heavy atom. The molecule has 11 heteroatoms. The smallest absolute Gasteiger partial charge is 0.328 e. The number of carbonyl (C=O) groups excluding carboxylic acids is 2. The summed E-state index contributed by atoms with van der Waals surface area (Å²) in [4.78, 5) is 33.4. The SMILES string of the molecule is COC(=O)[C@@H](CCSC)NC(=O)N1CCc2[nH]cnc2[C@@H]1c1ccc(F)c(F)c1F. The Bertz CT molecular complexity index is 940. The van der Waals surface area contributed by atoms with Gasteiger partial charge in [0.1, 0.15) is 12.1 Å². The number of aromatic nitrogens is 2. The van der Waals surface area contributed by atoms with Gasteiger partial charge < -0.3 is 19.9 Å². The Morgan fingerprint density at radius 3 is 2.83 bits per heavy atom. The molecule has 0 unspecified atom stereocenters. The topological polar surface area (TPSA) is 87.3 Å². The third-order valence-electron chi connectivity index (χ3n) is 4.94. The molecule has 0 aliphatic carbocycles. The molecule has 7 nitrogen and oxygen atoms in total. The van der Waals surface area contributed by atoms with Crippen LogP contribution in [0.5, 0.6) is 0 Å². The van der Waals surface area contributed by atoms with Gasteiger partial charge in [-0.15, -0.1) is 0 Å². The number of ether oxygens (including phenoxy) is 1. The fraction of sp³-hybridized carbons (Fsp3) is 0.421. The Kier molecular flexibility index (Phi) is 6.91. The van der Waals surface area contributed by atoms with E-state index in [-0.39, 0.29) is 12.1 Å². The van der Waals surface area contributed by atoms with Gasteiger partial charge >= 0.3 is 12.0 Å². The van der Waals surface area contributed by atoms with Gasteiger partial charge in [0.15, 0.2) is 17.5 Å². The minimum atomic E-state index is -1.62. The zero-order chi connectivity index (χ0) is 21.8. The summed E-state index contributed by atoms with van der Waals surface area (Å²) in [6, 6.07) is -0.747. The van der Waals surface area contributed by atoms with Crippen molar-refractivity contribution >= 4 is 23.8 Å². The molecule has 1 aliphatic rings. The first-order chi connectivity index (χ1) is 14.4. The van der Waals surface area contributed by atoms with Crippen LogP contribution in [0.25, 0.3) is 0 Å². The van der Waals surface area contributed by atoms with E-state index in [0.29, 0.717) is 30.0 Å².